The number of fused-ring (bicyclic) bond motifs is 1. The standard InChI is InChI=1S/C24H29N3O4/c1-17-5-8-19(9-6-17)25-23(28)15-26(2)24(29)16-27-11-3-4-20(27)18-7-10-21-22(14-18)31-13-12-30-21/h5-10,14,20H,3-4,11-13,15-16H2,1-2H3,(H,25,28)/t20-/m0/s1. The third-order valence-electron chi connectivity index (χ3n) is 5.79. The summed E-state index contributed by atoms with van der Waals surface area (Å²) >= 11 is 0. The Balaban J connectivity index is 1.33. The molecule has 4 rings (SSSR count). The molecule has 0 unspecified atom stereocenters. The van der Waals surface area contributed by atoms with Gasteiger partial charge in [0.25, 0.3) is 0 Å². The number of benzene rings is 2. The number of rotatable bonds is 6. The molecule has 0 aromatic heterocycles. The van der Waals surface area contributed by atoms with Crippen LogP contribution >= 0.6 is 0 Å². The summed E-state index contributed by atoms with van der Waals surface area (Å²) in [4.78, 5) is 28.8. The monoisotopic (exact) mass is 423 g/mol. The normalized spacial score (nSPS) is 17.9. The molecule has 1 fully saturated rings. The third-order valence-corrected chi connectivity index (χ3v) is 5.79. The van der Waals surface area contributed by atoms with Crippen LogP contribution in [0.4, 0.5) is 5.69 Å². The van der Waals surface area contributed by atoms with Crippen molar-refractivity contribution >= 4 is 17.5 Å². The van der Waals surface area contributed by atoms with Gasteiger partial charge >= 0.3 is 0 Å². The van der Waals surface area contributed by atoms with Gasteiger partial charge in [-0.05, 0) is 56.1 Å². The van der Waals surface area contributed by atoms with Crippen LogP contribution in [0.3, 0.4) is 0 Å². The van der Waals surface area contributed by atoms with E-state index in [0.29, 0.717) is 13.2 Å². The fraction of sp³-hybridized carbons (Fsp3) is 0.417. The summed E-state index contributed by atoms with van der Waals surface area (Å²) in [6.07, 6.45) is 2.02. The molecule has 2 aliphatic heterocycles. The molecule has 2 aromatic carbocycles. The Morgan fingerprint density at radius 2 is 1.84 bits per heavy atom. The number of hydrogen-bond acceptors (Lipinski definition) is 5. The van der Waals surface area contributed by atoms with Crippen molar-refractivity contribution in [1.82, 2.24) is 9.80 Å². The Morgan fingerprint density at radius 1 is 1.10 bits per heavy atom. The summed E-state index contributed by atoms with van der Waals surface area (Å²) in [5.41, 5.74) is 2.99. The molecule has 2 heterocycles. The average Bonchev–Trinajstić information content (AvgIpc) is 3.23. The maximum Gasteiger partial charge on any atom is 0.243 e. The van der Waals surface area contributed by atoms with Crippen LogP contribution in [0.1, 0.15) is 30.0 Å². The van der Waals surface area contributed by atoms with E-state index in [1.807, 2.05) is 43.3 Å². The molecule has 7 heteroatoms. The fourth-order valence-corrected chi connectivity index (χ4v) is 4.10. The smallest absolute Gasteiger partial charge is 0.243 e. The van der Waals surface area contributed by atoms with Crippen LogP contribution in [0, 0.1) is 6.92 Å². The van der Waals surface area contributed by atoms with Gasteiger partial charge in [-0.3, -0.25) is 14.5 Å². The molecule has 0 bridgehead atoms. The summed E-state index contributed by atoms with van der Waals surface area (Å²) < 4.78 is 11.3. The zero-order chi connectivity index (χ0) is 21.8. The number of hydrogen-bond donors (Lipinski definition) is 1. The van der Waals surface area contributed by atoms with E-state index in [2.05, 4.69) is 16.3 Å². The number of aryl methyl sites for hydroxylation is 1. The molecule has 0 radical (unpaired) electrons. The van der Waals surface area contributed by atoms with Gasteiger partial charge in [-0.2, -0.15) is 0 Å². The van der Waals surface area contributed by atoms with Crippen molar-refractivity contribution in [2.75, 3.05) is 45.2 Å². The Morgan fingerprint density at radius 3 is 2.61 bits per heavy atom. The number of carbonyl (C=O) groups is 2. The summed E-state index contributed by atoms with van der Waals surface area (Å²) in [6, 6.07) is 13.8. The van der Waals surface area contributed by atoms with Crippen molar-refractivity contribution in [3.05, 3.63) is 53.6 Å². The van der Waals surface area contributed by atoms with Crippen molar-refractivity contribution in [2.45, 2.75) is 25.8 Å². The first-order chi connectivity index (χ1) is 15.0. The number of carbonyl (C=O) groups excluding carboxylic acids is 2. The second-order valence-electron chi connectivity index (χ2n) is 8.20. The maximum atomic E-state index is 12.8. The number of amides is 2. The summed E-state index contributed by atoms with van der Waals surface area (Å²) in [7, 11) is 1.67. The van der Waals surface area contributed by atoms with Gasteiger partial charge < -0.3 is 19.7 Å². The molecule has 2 aromatic rings. The van der Waals surface area contributed by atoms with Crippen molar-refractivity contribution in [1.29, 1.82) is 0 Å². The quantitative estimate of drug-likeness (QED) is 0.774. The van der Waals surface area contributed by atoms with Gasteiger partial charge in [0.2, 0.25) is 11.8 Å². The molecular weight excluding hydrogens is 394 g/mol. The molecule has 1 N–H and O–H groups in total. The minimum absolute atomic E-state index is 0.0231. The van der Waals surface area contributed by atoms with E-state index in [-0.39, 0.29) is 30.9 Å². The van der Waals surface area contributed by atoms with Crippen molar-refractivity contribution in [2.24, 2.45) is 0 Å². The Hall–Kier alpha value is -3.06. The average molecular weight is 424 g/mol. The topological polar surface area (TPSA) is 71.1 Å². The molecule has 7 nitrogen and oxygen atoms in total. The lowest BCUT2D eigenvalue weighted by molar-refractivity contribution is -0.134. The zero-order valence-electron chi connectivity index (χ0n) is 18.1. The van der Waals surface area contributed by atoms with E-state index < -0.39 is 0 Å². The SMILES string of the molecule is Cc1ccc(NC(=O)CN(C)C(=O)CN2CCC[C@H]2c2ccc3c(c2)OCCO3)cc1. The minimum atomic E-state index is -0.204. The second kappa shape index (κ2) is 9.39. The lowest BCUT2D eigenvalue weighted by Crippen LogP contribution is -2.41. The molecule has 2 amide bonds. The molecule has 164 valence electrons. The van der Waals surface area contributed by atoms with E-state index in [0.717, 1.165) is 47.7 Å². The summed E-state index contributed by atoms with van der Waals surface area (Å²) in [6.45, 7) is 4.28. The molecule has 0 saturated carbocycles. The number of anilines is 1. The summed E-state index contributed by atoms with van der Waals surface area (Å²) in [5, 5.41) is 2.84. The van der Waals surface area contributed by atoms with Crippen LogP contribution in [0.2, 0.25) is 0 Å². The van der Waals surface area contributed by atoms with Crippen LogP contribution < -0.4 is 14.8 Å². The predicted octanol–water partition coefficient (Wildman–Crippen LogP) is 3.00. The number of ether oxygens (including phenoxy) is 2. The van der Waals surface area contributed by atoms with Gasteiger partial charge in [-0.25, -0.2) is 0 Å². The molecular formula is C24H29N3O4. The largest absolute Gasteiger partial charge is 0.486 e. The first-order valence-electron chi connectivity index (χ1n) is 10.7. The zero-order valence-corrected chi connectivity index (χ0v) is 18.1. The predicted molar refractivity (Wildman–Crippen MR) is 118 cm³/mol. The van der Waals surface area contributed by atoms with Gasteiger partial charge in [-0.1, -0.05) is 23.8 Å². The van der Waals surface area contributed by atoms with Crippen molar-refractivity contribution in [3.8, 4) is 11.5 Å². The van der Waals surface area contributed by atoms with Gasteiger partial charge in [0.15, 0.2) is 11.5 Å². The van der Waals surface area contributed by atoms with Crippen LogP contribution in [0.5, 0.6) is 11.5 Å². The molecule has 1 saturated heterocycles. The van der Waals surface area contributed by atoms with E-state index >= 15 is 0 Å². The van der Waals surface area contributed by atoms with E-state index in [1.165, 1.54) is 4.90 Å². The van der Waals surface area contributed by atoms with Crippen LogP contribution in [0.25, 0.3) is 0 Å². The number of nitrogens with one attached hydrogen (secondary N) is 1. The van der Waals surface area contributed by atoms with E-state index in [1.54, 1.807) is 7.05 Å². The van der Waals surface area contributed by atoms with E-state index in [4.69, 9.17) is 9.47 Å². The number of likely N-dealkylation sites (tertiary alicyclic amines) is 1. The minimum Gasteiger partial charge on any atom is -0.486 e. The summed E-state index contributed by atoms with van der Waals surface area (Å²) in [5.74, 6) is 1.27. The molecule has 0 spiro atoms. The van der Waals surface area contributed by atoms with Crippen molar-refractivity contribution in [3.63, 3.8) is 0 Å². The van der Waals surface area contributed by atoms with Gasteiger partial charge in [0.1, 0.15) is 13.2 Å². The lowest BCUT2D eigenvalue weighted by atomic mass is 10.0. The first kappa shape index (κ1) is 21.2. The molecule has 1 atom stereocenters. The first-order valence-corrected chi connectivity index (χ1v) is 10.7. The number of nitrogens with zero attached hydrogens (tertiary/aromatic N) is 2. The van der Waals surface area contributed by atoms with Crippen LogP contribution in [0.15, 0.2) is 42.5 Å². The molecule has 0 aliphatic carbocycles. The van der Waals surface area contributed by atoms with Crippen LogP contribution in [-0.4, -0.2) is 61.5 Å². The second-order valence-corrected chi connectivity index (χ2v) is 8.20. The maximum absolute atomic E-state index is 12.8. The molecule has 31 heavy (non-hydrogen) atoms. The fourth-order valence-electron chi connectivity index (χ4n) is 4.10. The molecule has 2 aliphatic rings. The highest BCUT2D eigenvalue weighted by atomic mass is 16.6. The third kappa shape index (κ3) is 5.17. The highest BCUT2D eigenvalue weighted by Crippen LogP contribution is 2.37. The van der Waals surface area contributed by atoms with E-state index in [9.17, 15) is 9.59 Å². The van der Waals surface area contributed by atoms with Crippen LogP contribution in [-0.2, 0) is 9.59 Å². The number of likely N-dealkylation sites (N-methyl/N-ethyl adjacent to an activating group) is 1. The van der Waals surface area contributed by atoms with Gasteiger partial charge in [-0.15, -0.1) is 0 Å². The highest BCUT2D eigenvalue weighted by molar-refractivity contribution is 5.94. The Bertz CT molecular complexity index is 944. The van der Waals surface area contributed by atoms with Gasteiger partial charge in [0, 0.05) is 18.8 Å². The van der Waals surface area contributed by atoms with Gasteiger partial charge in [0.05, 0.1) is 13.1 Å². The Kier molecular flexibility index (Phi) is 6.42. The van der Waals surface area contributed by atoms with Crippen molar-refractivity contribution < 1.29 is 19.1 Å². The highest BCUT2D eigenvalue weighted by Gasteiger charge is 2.29. The Labute approximate surface area is 182 Å². The lowest BCUT2D eigenvalue weighted by Gasteiger charge is -2.27.